The molecule has 2 aromatic heterocycles. The summed E-state index contributed by atoms with van der Waals surface area (Å²) in [6.45, 7) is 0. The van der Waals surface area contributed by atoms with Crippen LogP contribution in [0.2, 0.25) is 0 Å². The molecule has 2 heterocycles. The summed E-state index contributed by atoms with van der Waals surface area (Å²) in [5, 5.41) is 3.88. The number of carbonyl (C=O) groups is 1. The van der Waals surface area contributed by atoms with Crippen LogP contribution in [0.1, 0.15) is 12.0 Å². The molecule has 1 N–H and O–H groups in total. The third-order valence-electron chi connectivity index (χ3n) is 4.07. The molecule has 4 rings (SSSR count). The van der Waals surface area contributed by atoms with Gasteiger partial charge in [-0.1, -0.05) is 41.7 Å². The predicted octanol–water partition coefficient (Wildman–Crippen LogP) is 4.93. The number of benzene rings is 2. The van der Waals surface area contributed by atoms with E-state index in [1.807, 2.05) is 66.7 Å². The van der Waals surface area contributed by atoms with Crippen molar-refractivity contribution in [1.29, 1.82) is 0 Å². The summed E-state index contributed by atoms with van der Waals surface area (Å²) >= 11 is 1.57. The summed E-state index contributed by atoms with van der Waals surface area (Å²) in [5.74, 6) is 0.0193. The highest BCUT2D eigenvalue weighted by atomic mass is 32.1. The molecule has 0 radical (unpaired) electrons. The van der Waals surface area contributed by atoms with Gasteiger partial charge in [0.15, 0.2) is 0 Å². The minimum absolute atomic E-state index is 0.0193. The molecule has 0 atom stereocenters. The normalized spacial score (nSPS) is 10.8. The van der Waals surface area contributed by atoms with Gasteiger partial charge in [0.1, 0.15) is 15.4 Å². The number of nitrogens with one attached hydrogen (secondary N) is 1. The molecule has 2 aromatic carbocycles. The lowest BCUT2D eigenvalue weighted by atomic mass is 10.1. The van der Waals surface area contributed by atoms with Crippen LogP contribution in [0.25, 0.3) is 20.9 Å². The topological polar surface area (TPSA) is 54.9 Å². The van der Waals surface area contributed by atoms with Crippen molar-refractivity contribution in [2.24, 2.45) is 0 Å². The molecular formula is C21H17N3OS. The minimum Gasteiger partial charge on any atom is -0.326 e. The second-order valence-electron chi connectivity index (χ2n) is 5.96. The van der Waals surface area contributed by atoms with E-state index >= 15 is 0 Å². The first-order valence-electron chi connectivity index (χ1n) is 8.44. The highest BCUT2D eigenvalue weighted by molar-refractivity contribution is 7.21. The number of anilines is 1. The van der Waals surface area contributed by atoms with E-state index in [1.165, 1.54) is 5.56 Å². The van der Waals surface area contributed by atoms with Crippen molar-refractivity contribution < 1.29 is 4.79 Å². The van der Waals surface area contributed by atoms with E-state index in [-0.39, 0.29) is 5.91 Å². The average molecular weight is 359 g/mol. The van der Waals surface area contributed by atoms with Gasteiger partial charge in [0.05, 0.1) is 0 Å². The second kappa shape index (κ2) is 7.45. The van der Waals surface area contributed by atoms with Crippen LogP contribution in [0, 0.1) is 0 Å². The molecule has 4 aromatic rings. The zero-order valence-electron chi connectivity index (χ0n) is 14.1. The Labute approximate surface area is 155 Å². The van der Waals surface area contributed by atoms with Gasteiger partial charge in [-0.2, -0.15) is 0 Å². The van der Waals surface area contributed by atoms with E-state index < -0.39 is 0 Å². The van der Waals surface area contributed by atoms with Gasteiger partial charge in [0.25, 0.3) is 0 Å². The molecule has 1 amide bonds. The fourth-order valence-corrected chi connectivity index (χ4v) is 3.63. The summed E-state index contributed by atoms with van der Waals surface area (Å²) in [4.78, 5) is 22.0. The van der Waals surface area contributed by atoms with Gasteiger partial charge in [-0.15, -0.1) is 0 Å². The fourth-order valence-electron chi connectivity index (χ4n) is 2.72. The molecule has 128 valence electrons. The molecule has 0 saturated carbocycles. The lowest BCUT2D eigenvalue weighted by molar-refractivity contribution is -0.116. The quantitative estimate of drug-likeness (QED) is 0.550. The number of carbonyl (C=O) groups excluding carboxylic acids is 1. The number of pyridine rings is 1. The van der Waals surface area contributed by atoms with Crippen molar-refractivity contribution in [3.8, 4) is 10.6 Å². The maximum absolute atomic E-state index is 12.1. The number of hydrogen-bond donors (Lipinski definition) is 1. The van der Waals surface area contributed by atoms with E-state index in [4.69, 9.17) is 0 Å². The molecule has 0 unspecified atom stereocenters. The Morgan fingerprint density at radius 1 is 0.962 bits per heavy atom. The lowest BCUT2D eigenvalue weighted by Crippen LogP contribution is -2.12. The Morgan fingerprint density at radius 2 is 1.77 bits per heavy atom. The van der Waals surface area contributed by atoms with E-state index in [9.17, 15) is 4.79 Å². The number of aryl methyl sites for hydroxylation is 1. The van der Waals surface area contributed by atoms with Crippen molar-refractivity contribution in [1.82, 2.24) is 9.97 Å². The number of fused-ring (bicyclic) bond motifs is 1. The summed E-state index contributed by atoms with van der Waals surface area (Å²) in [5.41, 5.74) is 3.90. The summed E-state index contributed by atoms with van der Waals surface area (Å²) in [7, 11) is 0. The Morgan fingerprint density at radius 3 is 2.54 bits per heavy atom. The third kappa shape index (κ3) is 3.78. The maximum Gasteiger partial charge on any atom is 0.224 e. The molecule has 0 aliphatic rings. The van der Waals surface area contributed by atoms with Gasteiger partial charge < -0.3 is 5.32 Å². The SMILES string of the molecule is O=C(CCc1ccccc1)Nc1ccc(-c2nc3cccnc3s2)cc1. The molecule has 0 fully saturated rings. The van der Waals surface area contributed by atoms with Crippen LogP contribution in [0.15, 0.2) is 72.9 Å². The zero-order valence-corrected chi connectivity index (χ0v) is 14.9. The molecular weight excluding hydrogens is 342 g/mol. The Balaban J connectivity index is 1.40. The molecule has 0 bridgehead atoms. The van der Waals surface area contributed by atoms with Crippen LogP contribution in [0.4, 0.5) is 5.69 Å². The van der Waals surface area contributed by atoms with Crippen LogP contribution in [-0.4, -0.2) is 15.9 Å². The lowest BCUT2D eigenvalue weighted by Gasteiger charge is -2.06. The number of nitrogens with zero attached hydrogens (tertiary/aromatic N) is 2. The highest BCUT2D eigenvalue weighted by Gasteiger charge is 2.08. The van der Waals surface area contributed by atoms with Gasteiger partial charge in [0, 0.05) is 23.9 Å². The Hall–Kier alpha value is -3.05. The molecule has 5 heteroatoms. The van der Waals surface area contributed by atoms with Crippen molar-refractivity contribution in [3.63, 3.8) is 0 Å². The van der Waals surface area contributed by atoms with Gasteiger partial charge in [-0.3, -0.25) is 4.79 Å². The van der Waals surface area contributed by atoms with E-state index in [1.54, 1.807) is 17.5 Å². The minimum atomic E-state index is 0.0193. The zero-order chi connectivity index (χ0) is 17.8. The number of rotatable bonds is 5. The monoisotopic (exact) mass is 359 g/mol. The standard InChI is InChI=1S/C21H17N3OS/c25-19(13-8-15-5-2-1-3-6-15)23-17-11-9-16(10-12-17)20-24-18-7-4-14-22-21(18)26-20/h1-7,9-12,14H,8,13H2,(H,23,25). The molecule has 0 saturated heterocycles. The average Bonchev–Trinajstić information content (AvgIpc) is 3.12. The molecule has 0 aliphatic heterocycles. The van der Waals surface area contributed by atoms with E-state index in [0.717, 1.165) is 33.0 Å². The maximum atomic E-state index is 12.1. The first-order valence-corrected chi connectivity index (χ1v) is 9.25. The van der Waals surface area contributed by atoms with Crippen LogP contribution in [0.3, 0.4) is 0 Å². The summed E-state index contributed by atoms with van der Waals surface area (Å²) < 4.78 is 0. The fraction of sp³-hybridized carbons (Fsp3) is 0.0952. The van der Waals surface area contributed by atoms with Crippen LogP contribution in [-0.2, 0) is 11.2 Å². The first-order chi connectivity index (χ1) is 12.8. The number of amides is 1. The summed E-state index contributed by atoms with van der Waals surface area (Å²) in [6, 6.07) is 21.7. The second-order valence-corrected chi connectivity index (χ2v) is 6.94. The van der Waals surface area contributed by atoms with Crippen molar-refractivity contribution in [3.05, 3.63) is 78.5 Å². The van der Waals surface area contributed by atoms with Crippen molar-refractivity contribution >= 4 is 33.3 Å². The van der Waals surface area contributed by atoms with Crippen LogP contribution < -0.4 is 5.32 Å². The van der Waals surface area contributed by atoms with Crippen LogP contribution >= 0.6 is 11.3 Å². The van der Waals surface area contributed by atoms with Crippen molar-refractivity contribution in [2.75, 3.05) is 5.32 Å². The highest BCUT2D eigenvalue weighted by Crippen LogP contribution is 2.29. The van der Waals surface area contributed by atoms with Gasteiger partial charge >= 0.3 is 0 Å². The molecule has 0 spiro atoms. The van der Waals surface area contributed by atoms with Gasteiger partial charge in [-0.25, -0.2) is 9.97 Å². The smallest absolute Gasteiger partial charge is 0.224 e. The number of hydrogen-bond acceptors (Lipinski definition) is 4. The first kappa shape index (κ1) is 16.4. The number of thiazole rings is 1. The molecule has 4 nitrogen and oxygen atoms in total. The predicted molar refractivity (Wildman–Crippen MR) is 106 cm³/mol. The van der Waals surface area contributed by atoms with Gasteiger partial charge in [-0.05, 0) is 48.4 Å². The van der Waals surface area contributed by atoms with Crippen LogP contribution in [0.5, 0.6) is 0 Å². The Kier molecular flexibility index (Phi) is 4.71. The summed E-state index contributed by atoms with van der Waals surface area (Å²) in [6.07, 6.45) is 2.98. The van der Waals surface area contributed by atoms with Crippen molar-refractivity contribution in [2.45, 2.75) is 12.8 Å². The Bertz CT molecular complexity index is 993. The molecule has 0 aliphatic carbocycles. The third-order valence-corrected chi connectivity index (χ3v) is 5.09. The van der Waals surface area contributed by atoms with Gasteiger partial charge in [0.2, 0.25) is 5.91 Å². The largest absolute Gasteiger partial charge is 0.326 e. The van der Waals surface area contributed by atoms with E-state index in [0.29, 0.717) is 6.42 Å². The molecule has 26 heavy (non-hydrogen) atoms. The van der Waals surface area contributed by atoms with E-state index in [2.05, 4.69) is 15.3 Å². The number of aromatic nitrogens is 2.